The zero-order valence-corrected chi connectivity index (χ0v) is 18.3. The van der Waals surface area contributed by atoms with Crippen LogP contribution in [0.3, 0.4) is 0 Å². The normalized spacial score (nSPS) is 21.0. The average Bonchev–Trinajstić information content (AvgIpc) is 3.24. The minimum Gasteiger partial charge on any atom is -0.442 e. The van der Waals surface area contributed by atoms with Gasteiger partial charge in [0.1, 0.15) is 6.10 Å². The number of nitrogens with one attached hydrogen (secondary N) is 1. The average molecular weight is 434 g/mol. The Morgan fingerprint density at radius 1 is 1.34 bits per heavy atom. The van der Waals surface area contributed by atoms with Gasteiger partial charge in [-0.25, -0.2) is 4.79 Å². The van der Waals surface area contributed by atoms with E-state index in [1.807, 2.05) is 6.07 Å². The van der Waals surface area contributed by atoms with Crippen LogP contribution in [0.25, 0.3) is 0 Å². The third-order valence-corrected chi connectivity index (χ3v) is 6.63. The molecule has 1 atom stereocenters. The Balaban J connectivity index is 1.44. The molecule has 1 aromatic carbocycles. The van der Waals surface area contributed by atoms with Gasteiger partial charge in [0, 0.05) is 24.2 Å². The molecule has 0 aliphatic carbocycles. The fraction of sp³-hybridized carbons (Fsp3) is 0.429. The largest absolute Gasteiger partial charge is 0.442 e. The first kappa shape index (κ1) is 20.2. The van der Waals surface area contributed by atoms with Crippen LogP contribution in [0.1, 0.15) is 34.6 Å². The van der Waals surface area contributed by atoms with Gasteiger partial charge in [-0.15, -0.1) is 11.3 Å². The monoisotopic (exact) mass is 433 g/mol. The molecule has 29 heavy (non-hydrogen) atoms. The summed E-state index contributed by atoms with van der Waals surface area (Å²) in [6.45, 7) is 6.99. The summed E-state index contributed by atoms with van der Waals surface area (Å²) in [5.41, 5.74) is 3.41. The Bertz CT molecular complexity index is 958. The molecule has 2 aromatic rings. The number of likely N-dealkylation sites (N-methyl/N-ethyl adjacent to an activating group) is 1. The van der Waals surface area contributed by atoms with E-state index in [9.17, 15) is 9.59 Å². The lowest BCUT2D eigenvalue weighted by molar-refractivity contribution is 0.0920. The first-order chi connectivity index (χ1) is 13.7. The quantitative estimate of drug-likeness (QED) is 0.794. The standard InChI is InChI=1S/C21H24ClN3O3S/c1-21(2)12-24(3)10-13-4-5-14(8-16(13)21)25-11-15(28-20(25)27)9-23-19(26)17-6-7-18(22)29-17/h4-8,15H,9-12H2,1-3H3,(H,23,26)/t15-/m0/s1. The minimum atomic E-state index is -0.392. The predicted octanol–water partition coefficient (Wildman–Crippen LogP) is 3.88. The third kappa shape index (κ3) is 4.13. The number of cyclic esters (lactones) is 1. The molecule has 1 fully saturated rings. The molecule has 2 aliphatic rings. The number of benzene rings is 1. The summed E-state index contributed by atoms with van der Waals surface area (Å²) < 4.78 is 6.04. The summed E-state index contributed by atoms with van der Waals surface area (Å²) in [5.74, 6) is -0.212. The Hall–Kier alpha value is -2.09. The van der Waals surface area contributed by atoms with Gasteiger partial charge in [-0.1, -0.05) is 31.5 Å². The van der Waals surface area contributed by atoms with Crippen molar-refractivity contribution in [2.24, 2.45) is 0 Å². The summed E-state index contributed by atoms with van der Waals surface area (Å²) in [5, 5.41) is 2.82. The van der Waals surface area contributed by atoms with Crippen molar-refractivity contribution in [1.82, 2.24) is 10.2 Å². The van der Waals surface area contributed by atoms with E-state index in [-0.39, 0.29) is 24.0 Å². The number of fused-ring (bicyclic) bond motifs is 1. The molecule has 1 aromatic heterocycles. The zero-order chi connectivity index (χ0) is 20.8. The Kier molecular flexibility index (Phi) is 5.31. The fourth-order valence-electron chi connectivity index (χ4n) is 4.18. The van der Waals surface area contributed by atoms with Crippen LogP contribution in [-0.2, 0) is 16.7 Å². The van der Waals surface area contributed by atoms with Gasteiger partial charge in [0.05, 0.1) is 22.3 Å². The number of thiophene rings is 1. The number of nitrogens with zero attached hydrogens (tertiary/aromatic N) is 2. The lowest BCUT2D eigenvalue weighted by atomic mass is 9.78. The molecular weight excluding hydrogens is 410 g/mol. The van der Waals surface area contributed by atoms with Crippen molar-refractivity contribution in [3.05, 3.63) is 50.7 Å². The third-order valence-electron chi connectivity index (χ3n) is 5.40. The number of ether oxygens (including phenoxy) is 1. The van der Waals surface area contributed by atoms with E-state index < -0.39 is 6.10 Å². The Morgan fingerprint density at radius 3 is 2.86 bits per heavy atom. The maximum atomic E-state index is 12.5. The van der Waals surface area contributed by atoms with Crippen molar-refractivity contribution in [1.29, 1.82) is 0 Å². The van der Waals surface area contributed by atoms with E-state index in [0.29, 0.717) is 15.8 Å². The molecule has 3 heterocycles. The molecule has 1 saturated heterocycles. The van der Waals surface area contributed by atoms with Crippen LogP contribution < -0.4 is 10.2 Å². The molecule has 0 saturated carbocycles. The fourth-order valence-corrected chi connectivity index (χ4v) is 5.14. The molecule has 8 heteroatoms. The highest BCUT2D eigenvalue weighted by molar-refractivity contribution is 7.17. The van der Waals surface area contributed by atoms with Gasteiger partial charge >= 0.3 is 6.09 Å². The molecule has 6 nitrogen and oxygen atoms in total. The Morgan fingerprint density at radius 2 is 2.14 bits per heavy atom. The number of anilines is 1. The molecule has 4 rings (SSSR count). The van der Waals surface area contributed by atoms with Gasteiger partial charge < -0.3 is 15.0 Å². The second-order valence-electron chi connectivity index (χ2n) is 8.33. The van der Waals surface area contributed by atoms with Crippen LogP contribution in [-0.4, -0.2) is 49.7 Å². The van der Waals surface area contributed by atoms with Crippen molar-refractivity contribution < 1.29 is 14.3 Å². The second kappa shape index (κ2) is 7.63. The first-order valence-corrected chi connectivity index (χ1v) is 10.8. The van der Waals surface area contributed by atoms with Crippen LogP contribution in [0.15, 0.2) is 30.3 Å². The topological polar surface area (TPSA) is 61.9 Å². The van der Waals surface area contributed by atoms with Crippen molar-refractivity contribution in [2.45, 2.75) is 31.9 Å². The van der Waals surface area contributed by atoms with Crippen LogP contribution in [0.2, 0.25) is 4.34 Å². The molecule has 2 amide bonds. The Labute approximate surface area is 179 Å². The van der Waals surface area contributed by atoms with Gasteiger partial charge in [0.15, 0.2) is 0 Å². The minimum absolute atomic E-state index is 0.0112. The number of carbonyl (C=O) groups is 2. The number of carbonyl (C=O) groups excluding carboxylic acids is 2. The molecule has 154 valence electrons. The maximum Gasteiger partial charge on any atom is 0.414 e. The van der Waals surface area contributed by atoms with E-state index in [1.54, 1.807) is 17.0 Å². The molecule has 0 bridgehead atoms. The molecule has 0 unspecified atom stereocenters. The van der Waals surface area contributed by atoms with Gasteiger partial charge in [-0.2, -0.15) is 0 Å². The molecular formula is C21H24ClN3O3S. The van der Waals surface area contributed by atoms with E-state index in [0.717, 1.165) is 18.8 Å². The van der Waals surface area contributed by atoms with Gasteiger partial charge in [-0.05, 0) is 42.4 Å². The maximum absolute atomic E-state index is 12.5. The van der Waals surface area contributed by atoms with Crippen molar-refractivity contribution >= 4 is 40.6 Å². The second-order valence-corrected chi connectivity index (χ2v) is 10.0. The molecule has 0 spiro atoms. The molecule has 1 N–H and O–H groups in total. The highest BCUT2D eigenvalue weighted by Gasteiger charge is 2.35. The summed E-state index contributed by atoms with van der Waals surface area (Å²) in [6.07, 6.45) is -0.772. The van der Waals surface area contributed by atoms with E-state index in [2.05, 4.69) is 43.2 Å². The number of hydrogen-bond acceptors (Lipinski definition) is 5. The number of hydrogen-bond donors (Lipinski definition) is 1. The summed E-state index contributed by atoms with van der Waals surface area (Å²) in [7, 11) is 2.12. The van der Waals surface area contributed by atoms with Gasteiger partial charge in [0.25, 0.3) is 5.91 Å². The van der Waals surface area contributed by atoms with Crippen LogP contribution in [0, 0.1) is 0 Å². The van der Waals surface area contributed by atoms with Gasteiger partial charge in [-0.3, -0.25) is 9.69 Å². The zero-order valence-electron chi connectivity index (χ0n) is 16.7. The SMILES string of the molecule is CN1Cc2ccc(N3C[C@H](CNC(=O)c4ccc(Cl)s4)OC3=O)cc2C(C)(C)C1. The van der Waals surface area contributed by atoms with Gasteiger partial charge in [0.2, 0.25) is 0 Å². The lowest BCUT2D eigenvalue weighted by Crippen LogP contribution is -2.40. The summed E-state index contributed by atoms with van der Waals surface area (Å²) in [6, 6.07) is 9.56. The smallest absolute Gasteiger partial charge is 0.414 e. The molecule has 0 radical (unpaired) electrons. The van der Waals surface area contributed by atoms with Crippen LogP contribution >= 0.6 is 22.9 Å². The van der Waals surface area contributed by atoms with E-state index in [4.69, 9.17) is 16.3 Å². The number of amides is 2. The first-order valence-electron chi connectivity index (χ1n) is 9.56. The van der Waals surface area contributed by atoms with Crippen molar-refractivity contribution in [2.75, 3.05) is 31.6 Å². The lowest BCUT2D eigenvalue weighted by Gasteiger charge is -2.38. The van der Waals surface area contributed by atoms with E-state index in [1.165, 1.54) is 22.5 Å². The predicted molar refractivity (Wildman–Crippen MR) is 115 cm³/mol. The number of rotatable bonds is 4. The highest BCUT2D eigenvalue weighted by atomic mass is 35.5. The summed E-state index contributed by atoms with van der Waals surface area (Å²) in [4.78, 5) is 29.1. The van der Waals surface area contributed by atoms with Crippen molar-refractivity contribution in [3.63, 3.8) is 0 Å². The molecule has 2 aliphatic heterocycles. The van der Waals surface area contributed by atoms with Crippen molar-refractivity contribution in [3.8, 4) is 0 Å². The van der Waals surface area contributed by atoms with Crippen LogP contribution in [0.5, 0.6) is 0 Å². The highest BCUT2D eigenvalue weighted by Crippen LogP contribution is 2.36. The van der Waals surface area contributed by atoms with E-state index >= 15 is 0 Å². The summed E-state index contributed by atoms with van der Waals surface area (Å²) >= 11 is 7.10. The van der Waals surface area contributed by atoms with Crippen LogP contribution in [0.4, 0.5) is 10.5 Å². The number of halogens is 1.